The van der Waals surface area contributed by atoms with E-state index in [1.165, 1.54) is 50.1 Å². The molecule has 1 unspecified atom stereocenters. The number of nitrogens with one attached hydrogen (secondary N) is 1. The monoisotopic (exact) mass is 293 g/mol. The molecule has 1 heterocycles. The van der Waals surface area contributed by atoms with Gasteiger partial charge in [0.05, 0.1) is 6.61 Å². The number of ether oxygens (including phenoxy) is 1. The van der Waals surface area contributed by atoms with Gasteiger partial charge in [0.2, 0.25) is 0 Å². The van der Waals surface area contributed by atoms with Crippen LogP contribution < -0.4 is 10.1 Å². The van der Waals surface area contributed by atoms with E-state index in [1.54, 1.807) is 0 Å². The standard InChI is InChI=1S/C17H27NOS/c1-2-12-19-16-9-7-15(8-10-16)5-3-4-6-17-14-18-11-13-20-17/h7-10,17-18H,2-6,11-14H2,1H3. The molecule has 1 aromatic carbocycles. The van der Waals surface area contributed by atoms with Gasteiger partial charge in [-0.2, -0.15) is 11.8 Å². The molecule has 1 aliphatic rings. The average molecular weight is 293 g/mol. The first kappa shape index (κ1) is 15.7. The molecule has 0 amide bonds. The molecule has 1 N–H and O–H groups in total. The third-order valence-corrected chi connectivity index (χ3v) is 4.96. The summed E-state index contributed by atoms with van der Waals surface area (Å²) >= 11 is 2.14. The quantitative estimate of drug-likeness (QED) is 0.735. The minimum absolute atomic E-state index is 0.812. The Labute approximate surface area is 127 Å². The highest BCUT2D eigenvalue weighted by Gasteiger charge is 2.12. The van der Waals surface area contributed by atoms with E-state index in [0.29, 0.717) is 0 Å². The maximum atomic E-state index is 5.61. The van der Waals surface area contributed by atoms with Gasteiger partial charge < -0.3 is 10.1 Å². The van der Waals surface area contributed by atoms with Crippen LogP contribution in [0, 0.1) is 0 Å². The lowest BCUT2D eigenvalue weighted by Crippen LogP contribution is -2.32. The molecular weight excluding hydrogens is 266 g/mol. The van der Waals surface area contributed by atoms with Gasteiger partial charge in [0.15, 0.2) is 0 Å². The Hall–Kier alpha value is -0.670. The van der Waals surface area contributed by atoms with E-state index in [2.05, 4.69) is 48.3 Å². The molecule has 1 atom stereocenters. The van der Waals surface area contributed by atoms with Crippen molar-refractivity contribution < 1.29 is 4.74 Å². The fraction of sp³-hybridized carbons (Fsp3) is 0.647. The van der Waals surface area contributed by atoms with E-state index >= 15 is 0 Å². The van der Waals surface area contributed by atoms with E-state index in [-0.39, 0.29) is 0 Å². The van der Waals surface area contributed by atoms with E-state index in [4.69, 9.17) is 4.74 Å². The zero-order chi connectivity index (χ0) is 14.0. The van der Waals surface area contributed by atoms with Crippen molar-refractivity contribution in [2.24, 2.45) is 0 Å². The van der Waals surface area contributed by atoms with Crippen LogP contribution in [0.15, 0.2) is 24.3 Å². The van der Waals surface area contributed by atoms with Crippen molar-refractivity contribution >= 4 is 11.8 Å². The number of thioether (sulfide) groups is 1. The first-order valence-electron chi connectivity index (χ1n) is 7.92. The summed E-state index contributed by atoms with van der Waals surface area (Å²) in [5.41, 5.74) is 1.43. The molecular formula is C17H27NOS. The van der Waals surface area contributed by atoms with Crippen molar-refractivity contribution in [3.8, 4) is 5.75 Å². The summed E-state index contributed by atoms with van der Waals surface area (Å²) < 4.78 is 5.61. The zero-order valence-electron chi connectivity index (χ0n) is 12.6. The molecule has 0 saturated carbocycles. The molecule has 0 spiro atoms. The van der Waals surface area contributed by atoms with Gasteiger partial charge in [0.1, 0.15) is 5.75 Å². The minimum atomic E-state index is 0.812. The Balaban J connectivity index is 1.61. The fourth-order valence-electron chi connectivity index (χ4n) is 2.48. The van der Waals surface area contributed by atoms with Crippen molar-refractivity contribution in [2.45, 2.75) is 44.3 Å². The molecule has 1 fully saturated rings. The van der Waals surface area contributed by atoms with Crippen LogP contribution in [0.3, 0.4) is 0 Å². The number of rotatable bonds is 8. The summed E-state index contributed by atoms with van der Waals surface area (Å²) in [5.74, 6) is 2.28. The van der Waals surface area contributed by atoms with Gasteiger partial charge in [0.25, 0.3) is 0 Å². The number of benzene rings is 1. The van der Waals surface area contributed by atoms with Crippen LogP contribution in [0.4, 0.5) is 0 Å². The highest BCUT2D eigenvalue weighted by molar-refractivity contribution is 8.00. The predicted octanol–water partition coefficient (Wildman–Crippen LogP) is 3.89. The van der Waals surface area contributed by atoms with Gasteiger partial charge in [-0.1, -0.05) is 25.5 Å². The topological polar surface area (TPSA) is 21.3 Å². The second-order valence-electron chi connectivity index (χ2n) is 5.44. The smallest absolute Gasteiger partial charge is 0.119 e. The molecule has 112 valence electrons. The van der Waals surface area contributed by atoms with Crippen molar-refractivity contribution in [3.63, 3.8) is 0 Å². The second-order valence-corrected chi connectivity index (χ2v) is 6.84. The van der Waals surface area contributed by atoms with Gasteiger partial charge in [-0.05, 0) is 43.4 Å². The van der Waals surface area contributed by atoms with Crippen molar-refractivity contribution in [1.82, 2.24) is 5.32 Å². The first-order valence-corrected chi connectivity index (χ1v) is 8.97. The minimum Gasteiger partial charge on any atom is -0.494 e. The summed E-state index contributed by atoms with van der Waals surface area (Å²) in [5, 5.41) is 4.32. The maximum Gasteiger partial charge on any atom is 0.119 e. The number of hydrogen-bond donors (Lipinski definition) is 1. The van der Waals surface area contributed by atoms with Crippen LogP contribution in [-0.2, 0) is 6.42 Å². The van der Waals surface area contributed by atoms with Crippen LogP contribution in [0.5, 0.6) is 5.75 Å². The number of hydrogen-bond acceptors (Lipinski definition) is 3. The largest absolute Gasteiger partial charge is 0.494 e. The fourth-order valence-corrected chi connectivity index (χ4v) is 3.64. The van der Waals surface area contributed by atoms with Crippen LogP contribution in [-0.4, -0.2) is 30.7 Å². The SMILES string of the molecule is CCCOc1ccc(CCCCC2CNCCS2)cc1. The van der Waals surface area contributed by atoms with Crippen molar-refractivity contribution in [1.29, 1.82) is 0 Å². The maximum absolute atomic E-state index is 5.61. The van der Waals surface area contributed by atoms with Crippen LogP contribution in [0.2, 0.25) is 0 Å². The van der Waals surface area contributed by atoms with Crippen molar-refractivity contribution in [3.05, 3.63) is 29.8 Å². The lowest BCUT2D eigenvalue weighted by atomic mass is 10.1. The molecule has 0 radical (unpaired) electrons. The molecule has 0 bridgehead atoms. The van der Waals surface area contributed by atoms with E-state index in [1.807, 2.05) is 0 Å². The third-order valence-electron chi connectivity index (χ3n) is 3.64. The predicted molar refractivity (Wildman–Crippen MR) is 88.9 cm³/mol. The molecule has 1 aliphatic heterocycles. The summed E-state index contributed by atoms with van der Waals surface area (Å²) in [7, 11) is 0. The molecule has 3 heteroatoms. The molecule has 1 saturated heterocycles. The molecule has 20 heavy (non-hydrogen) atoms. The van der Waals surface area contributed by atoms with Gasteiger partial charge in [-0.25, -0.2) is 0 Å². The Morgan fingerprint density at radius 2 is 2.10 bits per heavy atom. The van der Waals surface area contributed by atoms with Gasteiger partial charge in [-0.3, -0.25) is 0 Å². The van der Waals surface area contributed by atoms with Crippen LogP contribution in [0.1, 0.15) is 38.2 Å². The number of aryl methyl sites for hydroxylation is 1. The zero-order valence-corrected chi connectivity index (χ0v) is 13.4. The molecule has 1 aromatic rings. The molecule has 2 nitrogen and oxygen atoms in total. The normalized spacial score (nSPS) is 18.9. The molecule has 0 aliphatic carbocycles. The van der Waals surface area contributed by atoms with E-state index in [0.717, 1.165) is 24.0 Å². The van der Waals surface area contributed by atoms with Gasteiger partial charge >= 0.3 is 0 Å². The molecule has 2 rings (SSSR count). The number of unbranched alkanes of at least 4 members (excludes halogenated alkanes) is 1. The highest BCUT2D eigenvalue weighted by Crippen LogP contribution is 2.20. The average Bonchev–Trinajstić information content (AvgIpc) is 2.52. The lowest BCUT2D eigenvalue weighted by molar-refractivity contribution is 0.317. The summed E-state index contributed by atoms with van der Waals surface area (Å²) in [4.78, 5) is 0. The third kappa shape index (κ3) is 5.76. The first-order chi connectivity index (χ1) is 9.88. The second kappa shape index (κ2) is 9.30. The van der Waals surface area contributed by atoms with E-state index in [9.17, 15) is 0 Å². The Morgan fingerprint density at radius 3 is 2.80 bits per heavy atom. The Bertz CT molecular complexity index is 360. The van der Waals surface area contributed by atoms with Crippen LogP contribution in [0.25, 0.3) is 0 Å². The highest BCUT2D eigenvalue weighted by atomic mass is 32.2. The summed E-state index contributed by atoms with van der Waals surface area (Å²) in [6.45, 7) is 5.34. The summed E-state index contributed by atoms with van der Waals surface area (Å²) in [6, 6.07) is 8.63. The lowest BCUT2D eigenvalue weighted by Gasteiger charge is -2.22. The van der Waals surface area contributed by atoms with Crippen LogP contribution >= 0.6 is 11.8 Å². The molecule has 0 aromatic heterocycles. The van der Waals surface area contributed by atoms with Gasteiger partial charge in [0, 0.05) is 24.1 Å². The Morgan fingerprint density at radius 1 is 1.25 bits per heavy atom. The van der Waals surface area contributed by atoms with E-state index < -0.39 is 0 Å². The summed E-state index contributed by atoms with van der Waals surface area (Å²) in [6.07, 6.45) is 6.25. The van der Waals surface area contributed by atoms with Gasteiger partial charge in [-0.15, -0.1) is 0 Å². The Kier molecular flexibility index (Phi) is 7.31. The van der Waals surface area contributed by atoms with Crippen molar-refractivity contribution in [2.75, 3.05) is 25.4 Å².